The van der Waals surface area contributed by atoms with E-state index in [1.54, 1.807) is 12.2 Å². The van der Waals surface area contributed by atoms with E-state index in [1.165, 1.54) is 6.08 Å². The third kappa shape index (κ3) is 16.3. The maximum Gasteiger partial charge on any atom is 0.142 e. The summed E-state index contributed by atoms with van der Waals surface area (Å²) in [4.78, 5) is 9.94. The molecule has 92 valence electrons. The van der Waals surface area contributed by atoms with Crippen molar-refractivity contribution in [2.75, 3.05) is 0 Å². The minimum Gasteiger partial charge on any atom is -0.299 e. The number of allylic oxidation sites excluding steroid dienone is 14. The van der Waals surface area contributed by atoms with Gasteiger partial charge in [0.2, 0.25) is 0 Å². The summed E-state index contributed by atoms with van der Waals surface area (Å²) >= 11 is 0. The van der Waals surface area contributed by atoms with Crippen LogP contribution in [0.2, 0.25) is 0 Å². The molecule has 0 atom stereocenters. The Balaban J connectivity index is 0. The lowest BCUT2D eigenvalue weighted by atomic mass is 10.3. The monoisotopic (exact) mass is 238 g/mol. The Hall–Kier alpha value is -2.15. The predicted molar refractivity (Wildman–Crippen MR) is 79.0 cm³/mol. The van der Waals surface area contributed by atoms with Crippen LogP contribution in [0.25, 0.3) is 0 Å². The molecule has 0 unspecified atom stereocenters. The van der Waals surface area contributed by atoms with E-state index in [4.69, 9.17) is 0 Å². The first-order chi connectivity index (χ1) is 8.41. The van der Waals surface area contributed by atoms with Crippen molar-refractivity contribution >= 4 is 6.29 Å². The zero-order valence-corrected chi connectivity index (χ0v) is 10.6. The molecule has 18 heavy (non-hydrogen) atoms. The Morgan fingerprint density at radius 1 is 0.500 bits per heavy atom. The van der Waals surface area contributed by atoms with E-state index in [9.17, 15) is 4.79 Å². The zero-order chi connectivity index (χ0) is 12.6. The van der Waals surface area contributed by atoms with Crippen molar-refractivity contribution in [2.24, 2.45) is 0 Å². The molecule has 0 saturated heterocycles. The number of rotatable bonds is 7. The van der Waals surface area contributed by atoms with E-state index in [-0.39, 0.29) is 7.43 Å². The van der Waals surface area contributed by atoms with E-state index in [0.717, 1.165) is 6.29 Å². The molecule has 0 spiro atoms. The lowest BCUT2D eigenvalue weighted by Crippen LogP contribution is -1.56. The highest BCUT2D eigenvalue weighted by Crippen LogP contribution is 1.84. The third-order valence-corrected chi connectivity index (χ3v) is 1.60. The first kappa shape index (κ1) is 18.2. The van der Waals surface area contributed by atoms with Crippen molar-refractivity contribution in [1.29, 1.82) is 0 Å². The Morgan fingerprint density at radius 2 is 0.778 bits per heavy atom. The van der Waals surface area contributed by atoms with Crippen molar-refractivity contribution in [3.63, 3.8) is 0 Å². The Bertz CT molecular complexity index is 374. The summed E-state index contributed by atoms with van der Waals surface area (Å²) in [5.74, 6) is 0. The molecule has 0 aliphatic heterocycles. The lowest BCUT2D eigenvalue weighted by Gasteiger charge is -1.74. The van der Waals surface area contributed by atoms with Crippen molar-refractivity contribution in [1.82, 2.24) is 0 Å². The molecule has 0 bridgehead atoms. The largest absolute Gasteiger partial charge is 0.299 e. The molecular weight excluding hydrogens is 220 g/mol. The van der Waals surface area contributed by atoms with Crippen LogP contribution in [0, 0.1) is 7.43 Å². The van der Waals surface area contributed by atoms with Crippen LogP contribution in [0.3, 0.4) is 0 Å². The fourth-order valence-electron chi connectivity index (χ4n) is 0.862. The summed E-state index contributed by atoms with van der Waals surface area (Å²) in [6.45, 7) is 1.98. The number of carbonyl (C=O) groups is 1. The van der Waals surface area contributed by atoms with Gasteiger partial charge in [0.15, 0.2) is 0 Å². The van der Waals surface area contributed by atoms with Gasteiger partial charge in [0.25, 0.3) is 0 Å². The minimum atomic E-state index is 0. The molecule has 0 saturated carbocycles. The average Bonchev–Trinajstić information content (AvgIpc) is 2.35. The number of aldehydes is 1. The highest BCUT2D eigenvalue weighted by Gasteiger charge is 1.64. The summed E-state index contributed by atoms with van der Waals surface area (Å²) in [5, 5.41) is 0. The number of carbonyl (C=O) groups excluding carboxylic acids is 1. The normalized spacial score (nSPS) is 13.2. The summed E-state index contributed by atoms with van der Waals surface area (Å²) in [6, 6.07) is 0. The van der Waals surface area contributed by atoms with Crippen molar-refractivity contribution in [2.45, 2.75) is 6.92 Å². The van der Waals surface area contributed by atoms with Gasteiger partial charge in [-0.2, -0.15) is 0 Å². The zero-order valence-electron chi connectivity index (χ0n) is 10.6. The predicted octanol–water partition coefficient (Wildman–Crippen LogP) is 4.18. The van der Waals surface area contributed by atoms with Gasteiger partial charge in [0, 0.05) is 7.43 Å². The van der Waals surface area contributed by atoms with Gasteiger partial charge in [-0.25, -0.2) is 0 Å². The second-order valence-electron chi connectivity index (χ2n) is 2.97. The fourth-order valence-corrected chi connectivity index (χ4v) is 0.862. The fraction of sp³-hybridized carbons (Fsp3) is 0.0588. The van der Waals surface area contributed by atoms with Gasteiger partial charge < -0.3 is 0 Å². The van der Waals surface area contributed by atoms with E-state index in [0.29, 0.717) is 0 Å². The van der Waals surface area contributed by atoms with E-state index in [2.05, 4.69) is 0 Å². The maximum absolute atomic E-state index is 9.94. The van der Waals surface area contributed by atoms with Crippen molar-refractivity contribution in [3.05, 3.63) is 92.5 Å². The molecule has 0 aromatic heterocycles. The van der Waals surface area contributed by atoms with Gasteiger partial charge in [-0.1, -0.05) is 79.0 Å². The highest BCUT2D eigenvalue weighted by atomic mass is 16.1. The first-order valence-corrected chi connectivity index (χ1v) is 5.48. The Labute approximate surface area is 111 Å². The van der Waals surface area contributed by atoms with Crippen molar-refractivity contribution < 1.29 is 4.79 Å². The quantitative estimate of drug-likeness (QED) is 0.369. The minimum absolute atomic E-state index is 0. The van der Waals surface area contributed by atoms with Gasteiger partial charge >= 0.3 is 0 Å². The van der Waals surface area contributed by atoms with Gasteiger partial charge in [-0.15, -0.1) is 0 Å². The standard InChI is InChI=1S/C16H18O.C/c1-2-3-4-5-6-7-8-9-10-11-12-13-14-15-16-17;/h2-16H,1H3;. The molecule has 0 amide bonds. The average molecular weight is 238 g/mol. The van der Waals surface area contributed by atoms with Gasteiger partial charge in [-0.3, -0.25) is 4.79 Å². The van der Waals surface area contributed by atoms with E-state index >= 15 is 0 Å². The van der Waals surface area contributed by atoms with E-state index in [1.807, 2.05) is 73.8 Å². The molecule has 0 aromatic rings. The van der Waals surface area contributed by atoms with Crippen LogP contribution in [-0.4, -0.2) is 6.29 Å². The maximum atomic E-state index is 9.94. The van der Waals surface area contributed by atoms with Gasteiger partial charge in [-0.05, 0) is 13.0 Å². The molecule has 0 heterocycles. The SMILES string of the molecule is CC=CC=CC=CC=CC=CC=CC=CC=O.[C]. The second-order valence-corrected chi connectivity index (χ2v) is 2.97. The smallest absolute Gasteiger partial charge is 0.142 e. The van der Waals surface area contributed by atoms with Crippen LogP contribution >= 0.6 is 0 Å². The molecule has 0 aliphatic rings. The third-order valence-electron chi connectivity index (χ3n) is 1.60. The van der Waals surface area contributed by atoms with E-state index < -0.39 is 0 Å². The van der Waals surface area contributed by atoms with Gasteiger partial charge in [0.1, 0.15) is 6.29 Å². The first-order valence-electron chi connectivity index (χ1n) is 5.48. The molecule has 1 nitrogen and oxygen atoms in total. The highest BCUT2D eigenvalue weighted by molar-refractivity contribution is 5.65. The molecule has 4 radical (unpaired) electrons. The van der Waals surface area contributed by atoms with Gasteiger partial charge in [0.05, 0.1) is 0 Å². The molecule has 0 fully saturated rings. The Morgan fingerprint density at radius 3 is 1.06 bits per heavy atom. The van der Waals surface area contributed by atoms with Crippen LogP contribution in [0.4, 0.5) is 0 Å². The molecule has 0 N–H and O–H groups in total. The summed E-state index contributed by atoms with van der Waals surface area (Å²) < 4.78 is 0. The topological polar surface area (TPSA) is 17.1 Å². The molecule has 0 aliphatic carbocycles. The van der Waals surface area contributed by atoms with Crippen LogP contribution in [0.1, 0.15) is 6.92 Å². The lowest BCUT2D eigenvalue weighted by molar-refractivity contribution is -0.104. The summed E-state index contributed by atoms with van der Waals surface area (Å²) in [6.07, 6.45) is 27.1. The molecule has 1 heteroatoms. The van der Waals surface area contributed by atoms with Crippen LogP contribution in [0.15, 0.2) is 85.1 Å². The van der Waals surface area contributed by atoms with Crippen molar-refractivity contribution in [3.8, 4) is 0 Å². The number of hydrogen-bond acceptors (Lipinski definition) is 1. The molecule has 0 aromatic carbocycles. The van der Waals surface area contributed by atoms with Crippen LogP contribution in [-0.2, 0) is 4.79 Å². The van der Waals surface area contributed by atoms with Crippen LogP contribution in [0.5, 0.6) is 0 Å². The number of hydrogen-bond donors (Lipinski definition) is 0. The molecular formula is C17H18O. The molecule has 0 rings (SSSR count). The van der Waals surface area contributed by atoms with Crippen LogP contribution < -0.4 is 0 Å². The Kier molecular flexibility index (Phi) is 17.5. The summed E-state index contributed by atoms with van der Waals surface area (Å²) in [5.41, 5.74) is 0. The second kappa shape index (κ2) is 17.3. The summed E-state index contributed by atoms with van der Waals surface area (Å²) in [7, 11) is 0.